The lowest BCUT2D eigenvalue weighted by Crippen LogP contribution is -2.11. The average Bonchev–Trinajstić information content (AvgIpc) is 3.14. The first kappa shape index (κ1) is 13.5. The number of aromatic nitrogens is 4. The van der Waals surface area contributed by atoms with E-state index in [4.69, 9.17) is 10.3 Å². The maximum absolute atomic E-state index is 6.16. The van der Waals surface area contributed by atoms with Crippen molar-refractivity contribution in [3.05, 3.63) is 54.0 Å². The van der Waals surface area contributed by atoms with Crippen LogP contribution in [0.15, 0.2) is 47.1 Å². The number of aryl methyl sites for hydroxylation is 2. The average molecular weight is 283 g/mol. The molecule has 2 aromatic heterocycles. The molecule has 0 amide bonds. The van der Waals surface area contributed by atoms with Gasteiger partial charge in [-0.3, -0.25) is 4.68 Å². The van der Waals surface area contributed by atoms with Crippen molar-refractivity contribution in [3.63, 3.8) is 0 Å². The molecule has 1 aromatic carbocycles. The zero-order valence-corrected chi connectivity index (χ0v) is 11.8. The predicted molar refractivity (Wildman–Crippen MR) is 78.2 cm³/mol. The number of hydrogen-bond acceptors (Lipinski definition) is 5. The summed E-state index contributed by atoms with van der Waals surface area (Å²) in [5, 5.41) is 8.19. The van der Waals surface area contributed by atoms with Gasteiger partial charge in [0.25, 0.3) is 0 Å². The highest BCUT2D eigenvalue weighted by Crippen LogP contribution is 2.17. The summed E-state index contributed by atoms with van der Waals surface area (Å²) in [5.41, 5.74) is 7.98. The highest BCUT2D eigenvalue weighted by Gasteiger charge is 2.13. The van der Waals surface area contributed by atoms with E-state index in [-0.39, 0.29) is 6.04 Å². The molecule has 2 N–H and O–H groups in total. The quantitative estimate of drug-likeness (QED) is 0.775. The molecular formula is C15H17N5O. The maximum Gasteiger partial charge on any atom is 0.227 e. The van der Waals surface area contributed by atoms with Gasteiger partial charge >= 0.3 is 0 Å². The Morgan fingerprint density at radius 3 is 2.76 bits per heavy atom. The zero-order valence-electron chi connectivity index (χ0n) is 11.8. The molecule has 1 unspecified atom stereocenters. The van der Waals surface area contributed by atoms with E-state index < -0.39 is 0 Å². The largest absolute Gasteiger partial charge is 0.339 e. The van der Waals surface area contributed by atoms with Crippen molar-refractivity contribution in [3.8, 4) is 11.5 Å². The number of nitrogens with zero attached hydrogens (tertiary/aromatic N) is 4. The van der Waals surface area contributed by atoms with Gasteiger partial charge in [-0.25, -0.2) is 0 Å². The van der Waals surface area contributed by atoms with E-state index >= 15 is 0 Å². The van der Waals surface area contributed by atoms with E-state index in [2.05, 4.69) is 15.2 Å². The van der Waals surface area contributed by atoms with Crippen molar-refractivity contribution in [1.29, 1.82) is 0 Å². The second kappa shape index (κ2) is 5.88. The summed E-state index contributed by atoms with van der Waals surface area (Å²) in [5.74, 6) is 1.10. The molecule has 108 valence electrons. The molecule has 0 saturated heterocycles. The van der Waals surface area contributed by atoms with Gasteiger partial charge in [0.2, 0.25) is 11.7 Å². The van der Waals surface area contributed by atoms with Crippen LogP contribution in [0.25, 0.3) is 11.5 Å². The monoisotopic (exact) mass is 283 g/mol. The van der Waals surface area contributed by atoms with E-state index in [1.54, 1.807) is 4.68 Å². The van der Waals surface area contributed by atoms with Crippen molar-refractivity contribution < 1.29 is 4.52 Å². The van der Waals surface area contributed by atoms with Crippen molar-refractivity contribution in [2.75, 3.05) is 0 Å². The van der Waals surface area contributed by atoms with Crippen LogP contribution in [0.4, 0.5) is 0 Å². The normalized spacial score (nSPS) is 12.5. The first-order valence-corrected chi connectivity index (χ1v) is 6.85. The van der Waals surface area contributed by atoms with E-state index in [1.165, 1.54) is 0 Å². The molecule has 6 heteroatoms. The first-order chi connectivity index (χ1) is 10.2. The van der Waals surface area contributed by atoms with Gasteiger partial charge < -0.3 is 10.3 Å². The van der Waals surface area contributed by atoms with Crippen LogP contribution in [0.2, 0.25) is 0 Å². The Morgan fingerprint density at radius 2 is 2.05 bits per heavy atom. The van der Waals surface area contributed by atoms with Crippen LogP contribution in [0, 0.1) is 0 Å². The fourth-order valence-electron chi connectivity index (χ4n) is 2.14. The molecule has 2 heterocycles. The molecule has 1 atom stereocenters. The second-order valence-corrected chi connectivity index (χ2v) is 4.94. The minimum Gasteiger partial charge on any atom is -0.339 e. The SMILES string of the molecule is Cn1ccc(-c2noc(CCC(N)c3ccccc3)n2)n1. The summed E-state index contributed by atoms with van der Waals surface area (Å²) in [7, 11) is 1.85. The van der Waals surface area contributed by atoms with Crippen LogP contribution in [0.1, 0.15) is 23.9 Å². The van der Waals surface area contributed by atoms with E-state index in [9.17, 15) is 0 Å². The minimum absolute atomic E-state index is 0.0311. The number of rotatable bonds is 5. The fourth-order valence-corrected chi connectivity index (χ4v) is 2.14. The third-order valence-corrected chi connectivity index (χ3v) is 3.31. The Kier molecular flexibility index (Phi) is 3.79. The lowest BCUT2D eigenvalue weighted by Gasteiger charge is -2.09. The fraction of sp³-hybridized carbons (Fsp3) is 0.267. The molecule has 0 bridgehead atoms. The van der Waals surface area contributed by atoms with Gasteiger partial charge in [-0.05, 0) is 18.1 Å². The summed E-state index contributed by atoms with van der Waals surface area (Å²) < 4.78 is 6.95. The van der Waals surface area contributed by atoms with Gasteiger partial charge in [-0.2, -0.15) is 10.1 Å². The van der Waals surface area contributed by atoms with E-state index in [0.29, 0.717) is 23.8 Å². The van der Waals surface area contributed by atoms with Gasteiger partial charge in [-0.1, -0.05) is 35.5 Å². The molecule has 6 nitrogen and oxygen atoms in total. The lowest BCUT2D eigenvalue weighted by molar-refractivity contribution is 0.372. The second-order valence-electron chi connectivity index (χ2n) is 4.94. The van der Waals surface area contributed by atoms with Gasteiger partial charge in [-0.15, -0.1) is 0 Å². The molecule has 3 aromatic rings. The van der Waals surface area contributed by atoms with Gasteiger partial charge in [0.15, 0.2) is 0 Å². The molecule has 0 aliphatic rings. The van der Waals surface area contributed by atoms with Crippen LogP contribution in [-0.2, 0) is 13.5 Å². The topological polar surface area (TPSA) is 82.8 Å². The molecule has 0 saturated carbocycles. The van der Waals surface area contributed by atoms with Crippen molar-refractivity contribution >= 4 is 0 Å². The van der Waals surface area contributed by atoms with Crippen molar-refractivity contribution in [2.45, 2.75) is 18.9 Å². The number of benzene rings is 1. The van der Waals surface area contributed by atoms with Crippen LogP contribution in [0.5, 0.6) is 0 Å². The third kappa shape index (κ3) is 3.17. The minimum atomic E-state index is -0.0311. The highest BCUT2D eigenvalue weighted by atomic mass is 16.5. The number of hydrogen-bond donors (Lipinski definition) is 1. The molecule has 3 rings (SSSR count). The van der Waals surface area contributed by atoms with Crippen LogP contribution < -0.4 is 5.73 Å². The van der Waals surface area contributed by atoms with E-state index in [0.717, 1.165) is 12.0 Å². The Balaban J connectivity index is 1.63. The molecule has 0 aliphatic heterocycles. The maximum atomic E-state index is 6.16. The van der Waals surface area contributed by atoms with Crippen LogP contribution in [0.3, 0.4) is 0 Å². The Bertz CT molecular complexity index is 704. The first-order valence-electron chi connectivity index (χ1n) is 6.85. The summed E-state index contributed by atoms with van der Waals surface area (Å²) >= 11 is 0. The highest BCUT2D eigenvalue weighted by molar-refractivity contribution is 5.46. The van der Waals surface area contributed by atoms with Gasteiger partial charge in [0.05, 0.1) is 0 Å². The molecule has 0 fully saturated rings. The third-order valence-electron chi connectivity index (χ3n) is 3.31. The zero-order chi connectivity index (χ0) is 14.7. The standard InChI is InChI=1S/C15H17N5O/c1-20-10-9-13(18-20)15-17-14(21-19-15)8-7-12(16)11-5-3-2-4-6-11/h2-6,9-10,12H,7-8,16H2,1H3. The Hall–Kier alpha value is -2.47. The van der Waals surface area contributed by atoms with E-state index in [1.807, 2.05) is 49.6 Å². The lowest BCUT2D eigenvalue weighted by atomic mass is 10.0. The van der Waals surface area contributed by atoms with Crippen molar-refractivity contribution in [1.82, 2.24) is 19.9 Å². The Morgan fingerprint density at radius 1 is 1.24 bits per heavy atom. The smallest absolute Gasteiger partial charge is 0.227 e. The Labute approximate surface area is 122 Å². The van der Waals surface area contributed by atoms with Crippen LogP contribution >= 0.6 is 0 Å². The molecule has 21 heavy (non-hydrogen) atoms. The predicted octanol–water partition coefficient (Wildman–Crippen LogP) is 2.10. The molecule has 0 spiro atoms. The molecule has 0 radical (unpaired) electrons. The van der Waals surface area contributed by atoms with Crippen LogP contribution in [-0.4, -0.2) is 19.9 Å². The van der Waals surface area contributed by atoms with Gasteiger partial charge in [0, 0.05) is 25.7 Å². The summed E-state index contributed by atoms with van der Waals surface area (Å²) in [4.78, 5) is 4.35. The number of nitrogens with two attached hydrogens (primary N) is 1. The summed E-state index contributed by atoms with van der Waals surface area (Å²) in [6, 6.07) is 11.8. The summed E-state index contributed by atoms with van der Waals surface area (Å²) in [6.07, 6.45) is 3.25. The summed E-state index contributed by atoms with van der Waals surface area (Å²) in [6.45, 7) is 0. The molecule has 0 aliphatic carbocycles. The van der Waals surface area contributed by atoms with Gasteiger partial charge in [0.1, 0.15) is 5.69 Å². The molecular weight excluding hydrogens is 266 g/mol. The van der Waals surface area contributed by atoms with Crippen molar-refractivity contribution in [2.24, 2.45) is 12.8 Å².